The Balaban J connectivity index is 1.60. The monoisotopic (exact) mass is 574 g/mol. The number of ketones is 3. The number of nitrogens with two attached hydrogens (primary N) is 1. The van der Waals surface area contributed by atoms with E-state index in [1.807, 2.05) is 6.92 Å². The summed E-state index contributed by atoms with van der Waals surface area (Å²) < 4.78 is 5.16. The summed E-state index contributed by atoms with van der Waals surface area (Å²) in [6, 6.07) is 7.82. The number of phenols is 1. The van der Waals surface area contributed by atoms with Gasteiger partial charge >= 0.3 is 0 Å². The molecule has 0 bridgehead atoms. The minimum Gasteiger partial charge on any atom is -0.506 e. The lowest BCUT2D eigenvalue weighted by molar-refractivity contribution is -0.190. The molecule has 2 fully saturated rings. The van der Waals surface area contributed by atoms with Gasteiger partial charge in [-0.05, 0) is 80.7 Å². The lowest BCUT2D eigenvalue weighted by Crippen LogP contribution is -2.75. The number of methoxy groups -OCH3 is 1. The second-order valence-electron chi connectivity index (χ2n) is 11.6. The molecule has 0 heterocycles. The maximum Gasteiger partial charge on any atom is 0.230 e. The molecule has 2 saturated carbocycles. The molecule has 0 aliphatic heterocycles. The van der Waals surface area contributed by atoms with Crippen molar-refractivity contribution in [2.75, 3.05) is 21.2 Å². The van der Waals surface area contributed by atoms with Crippen LogP contribution < -0.4 is 10.5 Å². The number of hydrogen-bond acceptors (Lipinski definition) is 9. The van der Waals surface area contributed by atoms with Gasteiger partial charge in [-0.15, -0.1) is 0 Å². The van der Waals surface area contributed by atoms with Crippen molar-refractivity contribution in [3.8, 4) is 23.3 Å². The zero-order valence-electron chi connectivity index (χ0n) is 23.9. The molecule has 0 saturated heterocycles. The number of rotatable bonds is 4. The second kappa shape index (κ2) is 10.7. The molecule has 3 aliphatic rings. The number of aromatic hydroxyl groups is 1. The van der Waals surface area contributed by atoms with Crippen molar-refractivity contribution in [2.24, 2.45) is 29.4 Å². The molecular formula is C32H34N2O8. The van der Waals surface area contributed by atoms with E-state index in [4.69, 9.17) is 10.5 Å². The average Bonchev–Trinajstić information content (AvgIpc) is 2.94. The summed E-state index contributed by atoms with van der Waals surface area (Å²) in [5.74, 6) is -2.76. The number of ether oxygens (including phenoxy) is 1. The molecule has 5 rings (SSSR count). The van der Waals surface area contributed by atoms with Crippen LogP contribution in [0, 0.1) is 35.5 Å². The van der Waals surface area contributed by atoms with Gasteiger partial charge in [-0.1, -0.05) is 18.8 Å². The van der Waals surface area contributed by atoms with Gasteiger partial charge in [0.2, 0.25) is 5.91 Å². The Bertz CT molecular complexity index is 1550. The quantitative estimate of drug-likeness (QED) is 0.302. The van der Waals surface area contributed by atoms with Crippen molar-refractivity contribution in [3.05, 3.63) is 58.1 Å². The van der Waals surface area contributed by atoms with E-state index in [2.05, 4.69) is 11.8 Å². The van der Waals surface area contributed by atoms with Crippen molar-refractivity contribution >= 4 is 23.3 Å². The lowest BCUT2D eigenvalue weighted by atomic mass is 9.52. The van der Waals surface area contributed by atoms with Crippen molar-refractivity contribution in [1.29, 1.82) is 0 Å². The molecule has 3 aliphatic carbocycles. The number of likely N-dealkylation sites (N-methyl/N-ethyl adjacent to an activating group) is 1. The van der Waals surface area contributed by atoms with E-state index in [-0.39, 0.29) is 29.7 Å². The third-order valence-corrected chi connectivity index (χ3v) is 9.19. The topological polar surface area (TPSA) is 167 Å². The van der Waals surface area contributed by atoms with E-state index in [9.17, 15) is 34.5 Å². The van der Waals surface area contributed by atoms with E-state index < -0.39 is 64.7 Å². The minimum atomic E-state index is -2.70. The van der Waals surface area contributed by atoms with E-state index >= 15 is 0 Å². The number of benzene rings is 2. The van der Waals surface area contributed by atoms with Crippen LogP contribution in [0.5, 0.6) is 11.5 Å². The number of carbonyl (C=O) groups excluding carboxylic acids is 4. The summed E-state index contributed by atoms with van der Waals surface area (Å²) in [7, 11) is 4.78. The highest BCUT2D eigenvalue weighted by Crippen LogP contribution is 2.52. The molecule has 1 amide bonds. The molecule has 5 N–H and O–H groups in total. The zero-order chi connectivity index (χ0) is 30.7. The highest BCUT2D eigenvalue weighted by molar-refractivity contribution is 6.25. The highest BCUT2D eigenvalue weighted by atomic mass is 16.5. The second-order valence-corrected chi connectivity index (χ2v) is 11.6. The summed E-state index contributed by atoms with van der Waals surface area (Å²) >= 11 is 0. The van der Waals surface area contributed by atoms with Gasteiger partial charge in [-0.2, -0.15) is 0 Å². The Morgan fingerprint density at radius 3 is 2.38 bits per heavy atom. The van der Waals surface area contributed by atoms with Crippen LogP contribution in [0.3, 0.4) is 0 Å². The molecule has 0 radical (unpaired) electrons. The molecule has 2 aromatic rings. The maximum atomic E-state index is 14.0. The number of phenolic OH excluding ortho intramolecular Hbond substituents is 1. The number of aryl methyl sites for hydroxylation is 1. The lowest BCUT2D eigenvalue weighted by Gasteiger charge is -2.54. The van der Waals surface area contributed by atoms with Crippen molar-refractivity contribution in [3.63, 3.8) is 0 Å². The number of hydrogen-bond donors (Lipinski definition) is 4. The van der Waals surface area contributed by atoms with Crippen LogP contribution in [0.2, 0.25) is 0 Å². The van der Waals surface area contributed by atoms with Gasteiger partial charge in [0.1, 0.15) is 17.4 Å². The third kappa shape index (κ3) is 4.31. The van der Waals surface area contributed by atoms with Crippen LogP contribution in [0.4, 0.5) is 0 Å². The highest BCUT2D eigenvalue weighted by Gasteiger charge is 2.69. The summed E-state index contributed by atoms with van der Waals surface area (Å²) in [5, 5.41) is 34.0. The number of Topliss-reactive ketones (excluding diaryl/α,β-unsaturated/α-hetero) is 3. The van der Waals surface area contributed by atoms with Gasteiger partial charge in [0.05, 0.1) is 30.3 Å². The first-order valence-electron chi connectivity index (χ1n) is 13.9. The first kappa shape index (κ1) is 29.5. The van der Waals surface area contributed by atoms with Crippen molar-refractivity contribution in [1.82, 2.24) is 4.90 Å². The van der Waals surface area contributed by atoms with Crippen molar-refractivity contribution in [2.45, 2.75) is 43.9 Å². The largest absolute Gasteiger partial charge is 0.506 e. The van der Waals surface area contributed by atoms with Gasteiger partial charge in [0.15, 0.2) is 23.0 Å². The number of primary amides is 1. The average molecular weight is 575 g/mol. The van der Waals surface area contributed by atoms with Crippen LogP contribution in [-0.4, -0.2) is 82.4 Å². The number of fused-ring (bicyclic) bond motifs is 3. The van der Waals surface area contributed by atoms with E-state index in [1.165, 1.54) is 0 Å². The van der Waals surface area contributed by atoms with E-state index in [0.29, 0.717) is 23.3 Å². The molecule has 2 aromatic carbocycles. The van der Waals surface area contributed by atoms with Gasteiger partial charge < -0.3 is 30.7 Å². The van der Waals surface area contributed by atoms with Gasteiger partial charge in [0.25, 0.3) is 0 Å². The van der Waals surface area contributed by atoms with E-state index in [1.54, 1.807) is 56.4 Å². The minimum absolute atomic E-state index is 0.0380. The van der Waals surface area contributed by atoms with Crippen LogP contribution in [0.25, 0.3) is 0 Å². The third-order valence-electron chi connectivity index (χ3n) is 9.19. The first-order valence-corrected chi connectivity index (χ1v) is 13.9. The van der Waals surface area contributed by atoms with Gasteiger partial charge in [0, 0.05) is 17.5 Å². The number of carbonyl (C=O) groups is 4. The Morgan fingerprint density at radius 2 is 1.81 bits per heavy atom. The normalized spacial score (nSPS) is 30.1. The summed E-state index contributed by atoms with van der Waals surface area (Å²) in [5.41, 5.74) is 4.97. The van der Waals surface area contributed by atoms with Crippen LogP contribution in [0.1, 0.15) is 46.0 Å². The number of aliphatic hydroxyl groups is 2. The molecule has 7 atom stereocenters. The Morgan fingerprint density at radius 1 is 1.14 bits per heavy atom. The summed E-state index contributed by atoms with van der Waals surface area (Å²) in [4.78, 5) is 55.3. The maximum absolute atomic E-state index is 14.0. The van der Waals surface area contributed by atoms with Crippen LogP contribution in [-0.2, 0) is 27.2 Å². The van der Waals surface area contributed by atoms with Gasteiger partial charge in [-0.25, -0.2) is 0 Å². The van der Waals surface area contributed by atoms with E-state index in [0.717, 1.165) is 5.56 Å². The van der Waals surface area contributed by atoms with Crippen molar-refractivity contribution < 1.29 is 39.2 Å². The molecule has 10 nitrogen and oxygen atoms in total. The number of aliphatic hydroxyl groups excluding tert-OH is 1. The molecule has 10 heteroatoms. The molecule has 42 heavy (non-hydrogen) atoms. The Labute approximate surface area is 243 Å². The van der Waals surface area contributed by atoms with Gasteiger partial charge in [-0.3, -0.25) is 19.2 Å². The molecule has 0 spiro atoms. The Hall–Kier alpha value is -4.04. The fraction of sp³-hybridized carbons (Fsp3) is 0.438. The molecule has 220 valence electrons. The number of amides is 1. The van der Waals surface area contributed by atoms with Crippen LogP contribution >= 0.6 is 0 Å². The first-order chi connectivity index (χ1) is 19.9. The number of nitrogens with zero attached hydrogens (tertiary/aromatic N) is 1. The zero-order valence-corrected chi connectivity index (χ0v) is 23.9. The summed E-state index contributed by atoms with van der Waals surface area (Å²) in [6.45, 7) is 1.91. The molecule has 0 aromatic heterocycles. The fourth-order valence-corrected chi connectivity index (χ4v) is 7.19. The predicted molar refractivity (Wildman–Crippen MR) is 151 cm³/mol. The predicted octanol–water partition coefficient (Wildman–Crippen LogP) is 0.630. The standard InChI is InChI=1S/C32H34N2O8/c1-5-16-12-17(9-6-15-7-10-19(42-4)11-8-15)26(35)23-20(16)13-18-14-21-25(34(2)3)28(37)24(31(33)40)30(39)32(21,41)29(38)22(18)27(23)36/h7-8,10-12,18,21-22,24-25,28,35,37,41H,5,13-14H2,1-4H3,(H2,33,40)/t18-,21-,22?,24?,25-,28?,32-/m1/s1. The fourth-order valence-electron chi connectivity index (χ4n) is 7.19. The Kier molecular flexibility index (Phi) is 7.47. The SMILES string of the molecule is CCc1cc(C#Cc2ccc(OC)cc2)c(O)c2c1C[C@@H]1C[C@@H]3[C@@H](N(C)C)C(O)C(C(N)=O)C(=O)[C@]3(O)C(=O)C1C2=O. The smallest absolute Gasteiger partial charge is 0.230 e. The summed E-state index contributed by atoms with van der Waals surface area (Å²) in [6.07, 6.45) is -0.688. The molecular weight excluding hydrogens is 540 g/mol. The van der Waals surface area contributed by atoms with Crippen LogP contribution in [0.15, 0.2) is 30.3 Å². The molecule has 3 unspecified atom stereocenters.